The molecule has 0 aliphatic heterocycles. The molecule has 0 aliphatic rings. The van der Waals surface area contributed by atoms with Crippen molar-refractivity contribution in [1.29, 1.82) is 0 Å². The predicted octanol–water partition coefficient (Wildman–Crippen LogP) is 5.42. The molecule has 0 N–H and O–H groups in total. The summed E-state index contributed by atoms with van der Waals surface area (Å²) in [7, 11) is 0. The molecular weight excluding hydrogens is 256 g/mol. The topological polar surface area (TPSA) is 9.23 Å². The quantitative estimate of drug-likeness (QED) is 0.614. The van der Waals surface area contributed by atoms with Gasteiger partial charge in [-0.1, -0.05) is 73.8 Å². The molecule has 0 radical (unpaired) electrons. The highest BCUT2D eigenvalue weighted by atomic mass is 16.5. The molecule has 2 rings (SSSR count). The molecule has 0 fully saturated rings. The van der Waals surface area contributed by atoms with Crippen LogP contribution in [0.4, 0.5) is 0 Å². The van der Waals surface area contributed by atoms with Crippen LogP contribution in [0.5, 0.6) is 0 Å². The van der Waals surface area contributed by atoms with Crippen LogP contribution in [0.25, 0.3) is 5.57 Å². The van der Waals surface area contributed by atoms with Crippen molar-refractivity contribution in [2.75, 3.05) is 6.61 Å². The maximum atomic E-state index is 5.66. The number of hydrogen-bond acceptors (Lipinski definition) is 1. The summed E-state index contributed by atoms with van der Waals surface area (Å²) >= 11 is 0. The summed E-state index contributed by atoms with van der Waals surface area (Å²) in [5.41, 5.74) is 3.49. The van der Waals surface area contributed by atoms with E-state index in [4.69, 9.17) is 4.74 Å². The summed E-state index contributed by atoms with van der Waals surface area (Å²) in [6.07, 6.45) is 0.812. The lowest BCUT2D eigenvalue weighted by molar-refractivity contribution is 0.210. The van der Waals surface area contributed by atoms with E-state index in [0.29, 0.717) is 6.61 Å². The van der Waals surface area contributed by atoms with E-state index in [1.165, 1.54) is 11.1 Å². The molecule has 0 bridgehead atoms. The van der Waals surface area contributed by atoms with Gasteiger partial charge >= 0.3 is 0 Å². The molecule has 0 aromatic heterocycles. The van der Waals surface area contributed by atoms with E-state index in [0.717, 1.165) is 17.8 Å². The second-order valence-corrected chi connectivity index (χ2v) is 5.04. The Morgan fingerprint density at radius 3 is 2.10 bits per heavy atom. The van der Waals surface area contributed by atoms with Gasteiger partial charge < -0.3 is 4.74 Å². The number of ether oxygens (including phenoxy) is 1. The highest BCUT2D eigenvalue weighted by Crippen LogP contribution is 2.33. The van der Waals surface area contributed by atoms with Crippen LogP contribution < -0.4 is 0 Å². The highest BCUT2D eigenvalue weighted by Gasteiger charge is 2.18. The first-order chi connectivity index (χ1) is 10.2. The van der Waals surface area contributed by atoms with Crippen LogP contribution in [0.1, 0.15) is 30.4 Å². The fourth-order valence-corrected chi connectivity index (χ4v) is 2.43. The largest absolute Gasteiger partial charge is 0.498 e. The van der Waals surface area contributed by atoms with Crippen molar-refractivity contribution in [3.63, 3.8) is 0 Å². The second kappa shape index (κ2) is 7.49. The molecule has 108 valence electrons. The highest BCUT2D eigenvalue weighted by molar-refractivity contribution is 5.64. The summed E-state index contributed by atoms with van der Waals surface area (Å²) in [6.45, 7) is 11.0. The molecule has 1 unspecified atom stereocenters. The number of hydrogen-bond donors (Lipinski definition) is 0. The molecule has 0 aliphatic carbocycles. The van der Waals surface area contributed by atoms with E-state index in [2.05, 4.69) is 37.4 Å². The van der Waals surface area contributed by atoms with Crippen molar-refractivity contribution < 1.29 is 4.74 Å². The van der Waals surface area contributed by atoms with Crippen LogP contribution in [0.3, 0.4) is 0 Å². The molecular formula is C20H22O. The van der Waals surface area contributed by atoms with E-state index >= 15 is 0 Å². The molecule has 1 nitrogen and oxygen atoms in total. The maximum Gasteiger partial charge on any atom is 0.0966 e. The fraction of sp³-hybridized carbons (Fsp3) is 0.200. The van der Waals surface area contributed by atoms with Crippen LogP contribution in [0.15, 0.2) is 79.6 Å². The van der Waals surface area contributed by atoms with E-state index in [-0.39, 0.29) is 5.92 Å². The number of allylic oxidation sites excluding steroid dienone is 2. The van der Waals surface area contributed by atoms with E-state index in [1.54, 1.807) is 0 Å². The van der Waals surface area contributed by atoms with Gasteiger partial charge in [0.25, 0.3) is 0 Å². The Labute approximate surface area is 127 Å². The smallest absolute Gasteiger partial charge is 0.0966 e. The van der Waals surface area contributed by atoms with Gasteiger partial charge in [-0.2, -0.15) is 0 Å². The average molecular weight is 278 g/mol. The zero-order chi connectivity index (χ0) is 15.1. The van der Waals surface area contributed by atoms with Crippen molar-refractivity contribution in [3.8, 4) is 0 Å². The van der Waals surface area contributed by atoms with E-state index in [1.807, 2.05) is 43.3 Å². The summed E-state index contributed by atoms with van der Waals surface area (Å²) in [4.78, 5) is 0. The minimum atomic E-state index is 0.138. The zero-order valence-electron chi connectivity index (χ0n) is 12.6. The lowest BCUT2D eigenvalue weighted by Crippen LogP contribution is -2.06. The van der Waals surface area contributed by atoms with Crippen LogP contribution in [-0.4, -0.2) is 6.61 Å². The first-order valence-electron chi connectivity index (χ1n) is 7.32. The van der Waals surface area contributed by atoms with E-state index in [9.17, 15) is 0 Å². The van der Waals surface area contributed by atoms with Gasteiger partial charge in [0.15, 0.2) is 0 Å². The first kappa shape index (κ1) is 15.1. The van der Waals surface area contributed by atoms with Gasteiger partial charge in [0.05, 0.1) is 12.4 Å². The third-order valence-electron chi connectivity index (χ3n) is 3.55. The Balaban J connectivity index is 2.20. The van der Waals surface area contributed by atoms with Gasteiger partial charge in [0.2, 0.25) is 0 Å². The summed E-state index contributed by atoms with van der Waals surface area (Å²) in [5, 5.41) is 0. The summed E-state index contributed by atoms with van der Waals surface area (Å²) in [6, 6.07) is 20.6. The summed E-state index contributed by atoms with van der Waals surface area (Å²) in [5.74, 6) is 0.944. The van der Waals surface area contributed by atoms with Crippen molar-refractivity contribution in [1.82, 2.24) is 0 Å². The Morgan fingerprint density at radius 1 is 0.952 bits per heavy atom. The van der Waals surface area contributed by atoms with Crippen molar-refractivity contribution in [2.45, 2.75) is 19.3 Å². The average Bonchev–Trinajstić information content (AvgIpc) is 2.54. The Morgan fingerprint density at radius 2 is 1.52 bits per heavy atom. The molecule has 21 heavy (non-hydrogen) atoms. The number of benzene rings is 2. The van der Waals surface area contributed by atoms with Crippen molar-refractivity contribution in [3.05, 3.63) is 90.7 Å². The molecule has 0 heterocycles. The lowest BCUT2D eigenvalue weighted by atomic mass is 9.88. The molecule has 2 aromatic carbocycles. The lowest BCUT2D eigenvalue weighted by Gasteiger charge is -2.21. The van der Waals surface area contributed by atoms with Gasteiger partial charge in [0.1, 0.15) is 0 Å². The van der Waals surface area contributed by atoms with Crippen LogP contribution in [0.2, 0.25) is 0 Å². The molecule has 2 aromatic rings. The third kappa shape index (κ3) is 4.09. The van der Waals surface area contributed by atoms with Crippen LogP contribution in [-0.2, 0) is 4.74 Å². The normalized spacial score (nSPS) is 11.7. The minimum Gasteiger partial charge on any atom is -0.498 e. The molecule has 0 spiro atoms. The maximum absolute atomic E-state index is 5.66. The monoisotopic (exact) mass is 278 g/mol. The Hall–Kier alpha value is -2.28. The van der Waals surface area contributed by atoms with Gasteiger partial charge in [-0.15, -0.1) is 0 Å². The van der Waals surface area contributed by atoms with Crippen molar-refractivity contribution >= 4 is 5.57 Å². The summed E-state index contributed by atoms with van der Waals surface area (Å²) < 4.78 is 5.66. The second-order valence-electron chi connectivity index (χ2n) is 5.04. The standard InChI is InChI=1S/C20H22O/c1-4-21-17(3)20(19-13-9-6-10-14-19)15-16(2)18-11-7-5-8-12-18/h5-14,20H,2-4,15H2,1H3. The fourth-order valence-electron chi connectivity index (χ4n) is 2.43. The Bertz CT molecular complexity index is 584. The molecule has 1 heteroatoms. The zero-order valence-corrected chi connectivity index (χ0v) is 12.6. The molecule has 0 saturated heterocycles. The van der Waals surface area contributed by atoms with Crippen molar-refractivity contribution in [2.24, 2.45) is 0 Å². The van der Waals surface area contributed by atoms with Crippen LogP contribution in [0, 0.1) is 0 Å². The molecule has 1 atom stereocenters. The van der Waals surface area contributed by atoms with Gasteiger partial charge in [-0.25, -0.2) is 0 Å². The van der Waals surface area contributed by atoms with E-state index < -0.39 is 0 Å². The third-order valence-corrected chi connectivity index (χ3v) is 3.55. The molecule has 0 amide bonds. The Kier molecular flexibility index (Phi) is 5.39. The molecule has 0 saturated carbocycles. The minimum absolute atomic E-state index is 0.138. The van der Waals surface area contributed by atoms with Gasteiger partial charge in [0, 0.05) is 5.92 Å². The first-order valence-corrected chi connectivity index (χ1v) is 7.32. The number of rotatable bonds is 7. The van der Waals surface area contributed by atoms with Gasteiger partial charge in [-0.05, 0) is 30.0 Å². The SMILES string of the molecule is C=C(CC(C(=C)OCC)c1ccccc1)c1ccccc1. The predicted molar refractivity (Wildman–Crippen MR) is 90.0 cm³/mol. The van der Waals surface area contributed by atoms with Gasteiger partial charge in [-0.3, -0.25) is 0 Å². The van der Waals surface area contributed by atoms with Crippen LogP contribution >= 0.6 is 0 Å².